The van der Waals surface area contributed by atoms with Crippen molar-refractivity contribution >= 4 is 6.21 Å². The van der Waals surface area contributed by atoms with Gasteiger partial charge in [0, 0.05) is 5.56 Å². The molecule has 0 spiro atoms. The van der Waals surface area contributed by atoms with Crippen molar-refractivity contribution in [1.29, 1.82) is 0 Å². The number of nitrogens with zero attached hydrogens (tertiary/aromatic N) is 1. The molecule has 1 N–H and O–H groups in total. The van der Waals surface area contributed by atoms with Crippen LogP contribution in [-0.2, 0) is 0 Å². The van der Waals surface area contributed by atoms with Crippen molar-refractivity contribution in [3.8, 4) is 11.5 Å². The topological polar surface area (TPSA) is 51.0 Å². The minimum atomic E-state index is 0.558. The highest BCUT2D eigenvalue weighted by Crippen LogP contribution is 2.29. The molecule has 0 saturated carbocycles. The van der Waals surface area contributed by atoms with Gasteiger partial charge in [-0.05, 0) is 12.1 Å². The van der Waals surface area contributed by atoms with Gasteiger partial charge in [-0.1, -0.05) is 11.2 Å². The normalized spacial score (nSPS) is 10.3. The lowest BCUT2D eigenvalue weighted by molar-refractivity contribution is 0.321. The van der Waals surface area contributed by atoms with E-state index in [4.69, 9.17) is 14.7 Å². The van der Waals surface area contributed by atoms with Crippen LogP contribution in [-0.4, -0.2) is 25.6 Å². The number of methoxy groups -OCH3 is 2. The predicted octanol–water partition coefficient (Wildman–Crippen LogP) is 1.51. The lowest BCUT2D eigenvalue weighted by Gasteiger charge is -2.08. The summed E-state index contributed by atoms with van der Waals surface area (Å²) in [6.45, 7) is 0. The van der Waals surface area contributed by atoms with Crippen LogP contribution in [0.2, 0.25) is 0 Å². The van der Waals surface area contributed by atoms with Crippen molar-refractivity contribution < 1.29 is 14.7 Å². The van der Waals surface area contributed by atoms with E-state index in [1.165, 1.54) is 13.3 Å². The van der Waals surface area contributed by atoms with E-state index >= 15 is 0 Å². The van der Waals surface area contributed by atoms with E-state index in [0.717, 1.165) is 0 Å². The van der Waals surface area contributed by atoms with E-state index in [1.807, 2.05) is 0 Å². The van der Waals surface area contributed by atoms with Gasteiger partial charge < -0.3 is 14.7 Å². The number of ether oxygens (including phenoxy) is 2. The summed E-state index contributed by atoms with van der Waals surface area (Å²) >= 11 is 0. The van der Waals surface area contributed by atoms with Gasteiger partial charge in [0.2, 0.25) is 0 Å². The van der Waals surface area contributed by atoms with Crippen LogP contribution >= 0.6 is 0 Å². The first kappa shape index (κ1) is 9.38. The van der Waals surface area contributed by atoms with Gasteiger partial charge in [-0.15, -0.1) is 0 Å². The van der Waals surface area contributed by atoms with Gasteiger partial charge in [-0.3, -0.25) is 0 Å². The Hall–Kier alpha value is -1.71. The summed E-state index contributed by atoms with van der Waals surface area (Å²) in [5.41, 5.74) is 0.671. The Morgan fingerprint density at radius 2 is 2.08 bits per heavy atom. The van der Waals surface area contributed by atoms with Crippen molar-refractivity contribution in [2.45, 2.75) is 0 Å². The summed E-state index contributed by atoms with van der Waals surface area (Å²) in [5.74, 6) is 1.17. The molecule has 0 aromatic heterocycles. The Bertz CT molecular complexity index is 310. The van der Waals surface area contributed by atoms with Crippen LogP contribution in [0.4, 0.5) is 0 Å². The number of hydrogen-bond donors (Lipinski definition) is 1. The van der Waals surface area contributed by atoms with E-state index in [2.05, 4.69) is 5.16 Å². The zero-order chi connectivity index (χ0) is 9.68. The fourth-order valence-electron chi connectivity index (χ4n) is 1.08. The molecule has 0 saturated heterocycles. The molecule has 0 heterocycles. The molecule has 0 aliphatic heterocycles. The van der Waals surface area contributed by atoms with E-state index in [-0.39, 0.29) is 0 Å². The Morgan fingerprint density at radius 3 is 2.62 bits per heavy atom. The molecule has 1 aromatic carbocycles. The molecule has 4 nitrogen and oxygen atoms in total. The van der Waals surface area contributed by atoms with Crippen molar-refractivity contribution in [3.63, 3.8) is 0 Å². The van der Waals surface area contributed by atoms with Crippen molar-refractivity contribution in [1.82, 2.24) is 0 Å². The third-order valence-corrected chi connectivity index (χ3v) is 1.63. The van der Waals surface area contributed by atoms with Crippen molar-refractivity contribution in [2.75, 3.05) is 14.2 Å². The molecule has 0 fully saturated rings. The fraction of sp³-hybridized carbons (Fsp3) is 0.222. The van der Waals surface area contributed by atoms with Crippen molar-refractivity contribution in [3.05, 3.63) is 23.8 Å². The van der Waals surface area contributed by atoms with E-state index < -0.39 is 0 Å². The average Bonchev–Trinajstić information content (AvgIpc) is 2.18. The van der Waals surface area contributed by atoms with Crippen LogP contribution in [0, 0.1) is 0 Å². The summed E-state index contributed by atoms with van der Waals surface area (Å²) in [7, 11) is 3.09. The molecule has 13 heavy (non-hydrogen) atoms. The highest BCUT2D eigenvalue weighted by Gasteiger charge is 2.06. The highest BCUT2D eigenvalue weighted by atomic mass is 16.5. The summed E-state index contributed by atoms with van der Waals surface area (Å²) in [6.07, 6.45) is 1.29. The minimum Gasteiger partial charge on any atom is -0.493 e. The quantitative estimate of drug-likeness (QED) is 0.437. The first-order chi connectivity index (χ1) is 6.33. The number of hydrogen-bond acceptors (Lipinski definition) is 4. The molecule has 0 aliphatic rings. The molecule has 0 amide bonds. The van der Waals surface area contributed by atoms with Crippen LogP contribution in [0.25, 0.3) is 0 Å². The van der Waals surface area contributed by atoms with Crippen LogP contribution in [0.1, 0.15) is 5.56 Å². The van der Waals surface area contributed by atoms with Crippen LogP contribution in [0.3, 0.4) is 0 Å². The predicted molar refractivity (Wildman–Crippen MR) is 48.9 cm³/mol. The molecule has 0 bridgehead atoms. The molecular weight excluding hydrogens is 170 g/mol. The second kappa shape index (κ2) is 4.35. The summed E-state index contributed by atoms with van der Waals surface area (Å²) in [4.78, 5) is 0. The lowest BCUT2D eigenvalue weighted by atomic mass is 10.2. The first-order valence-electron chi connectivity index (χ1n) is 3.72. The van der Waals surface area contributed by atoms with Gasteiger partial charge >= 0.3 is 0 Å². The molecule has 0 unspecified atom stereocenters. The Kier molecular flexibility index (Phi) is 3.14. The zero-order valence-electron chi connectivity index (χ0n) is 7.52. The molecular formula is C9H11NO3. The van der Waals surface area contributed by atoms with Gasteiger partial charge in [0.1, 0.15) is 0 Å². The number of benzene rings is 1. The smallest absolute Gasteiger partial charge is 0.169 e. The molecule has 4 heteroatoms. The molecule has 70 valence electrons. The highest BCUT2D eigenvalue weighted by molar-refractivity contribution is 5.84. The van der Waals surface area contributed by atoms with Gasteiger partial charge in [-0.25, -0.2) is 0 Å². The molecule has 0 atom stereocenters. The summed E-state index contributed by atoms with van der Waals surface area (Å²) < 4.78 is 10.1. The lowest BCUT2D eigenvalue weighted by Crippen LogP contribution is -1.94. The van der Waals surface area contributed by atoms with Crippen LogP contribution in [0.15, 0.2) is 23.4 Å². The maximum absolute atomic E-state index is 8.38. The van der Waals surface area contributed by atoms with E-state index in [0.29, 0.717) is 17.1 Å². The molecule has 1 aromatic rings. The molecule has 0 aliphatic carbocycles. The first-order valence-corrected chi connectivity index (χ1v) is 3.72. The van der Waals surface area contributed by atoms with Gasteiger partial charge in [0.05, 0.1) is 20.4 Å². The van der Waals surface area contributed by atoms with Crippen molar-refractivity contribution in [2.24, 2.45) is 5.16 Å². The average molecular weight is 181 g/mol. The Balaban J connectivity index is 3.18. The van der Waals surface area contributed by atoms with Crippen LogP contribution < -0.4 is 9.47 Å². The molecule has 0 radical (unpaired) electrons. The van der Waals surface area contributed by atoms with Gasteiger partial charge in [-0.2, -0.15) is 0 Å². The maximum atomic E-state index is 8.38. The van der Waals surface area contributed by atoms with E-state index in [1.54, 1.807) is 25.3 Å². The third-order valence-electron chi connectivity index (χ3n) is 1.63. The number of para-hydroxylation sites is 1. The Labute approximate surface area is 76.4 Å². The minimum absolute atomic E-state index is 0.558. The maximum Gasteiger partial charge on any atom is 0.169 e. The number of rotatable bonds is 3. The van der Waals surface area contributed by atoms with E-state index in [9.17, 15) is 0 Å². The van der Waals surface area contributed by atoms with Gasteiger partial charge in [0.25, 0.3) is 0 Å². The SMILES string of the molecule is COc1cccc(/C=N\O)c1OC. The molecule has 1 rings (SSSR count). The second-order valence-corrected chi connectivity index (χ2v) is 2.33. The second-order valence-electron chi connectivity index (χ2n) is 2.33. The monoisotopic (exact) mass is 181 g/mol. The zero-order valence-corrected chi connectivity index (χ0v) is 7.52. The largest absolute Gasteiger partial charge is 0.493 e. The van der Waals surface area contributed by atoms with Gasteiger partial charge in [0.15, 0.2) is 11.5 Å². The summed E-state index contributed by atoms with van der Waals surface area (Å²) in [5, 5.41) is 11.3. The standard InChI is InChI=1S/C9H11NO3/c1-12-8-5-3-4-7(6-10-11)9(8)13-2/h3-6,11H,1-2H3/b10-6-. The summed E-state index contributed by atoms with van der Waals surface area (Å²) in [6, 6.07) is 5.33. The third kappa shape index (κ3) is 1.90. The Morgan fingerprint density at radius 1 is 1.31 bits per heavy atom. The van der Waals surface area contributed by atoms with Crippen LogP contribution in [0.5, 0.6) is 11.5 Å². The fourth-order valence-corrected chi connectivity index (χ4v) is 1.08. The number of oxime groups is 1.